The molecule has 0 atom stereocenters. The van der Waals surface area contributed by atoms with Crippen molar-refractivity contribution in [2.75, 3.05) is 13.2 Å². The zero-order valence-corrected chi connectivity index (χ0v) is 14.3. The fraction of sp³-hybridized carbons (Fsp3) is 0.235. The summed E-state index contributed by atoms with van der Waals surface area (Å²) in [5.41, 5.74) is 0.0364. The summed E-state index contributed by atoms with van der Waals surface area (Å²) in [5, 5.41) is 21.0. The van der Waals surface area contributed by atoms with Crippen LogP contribution >= 0.6 is 0 Å². The molecule has 26 heavy (non-hydrogen) atoms. The predicted octanol–water partition coefficient (Wildman–Crippen LogP) is 1.96. The molecular formula is C17H18N4O5. The Morgan fingerprint density at radius 1 is 1.35 bits per heavy atom. The topological polar surface area (TPSA) is 127 Å². The second-order valence-corrected chi connectivity index (χ2v) is 4.49. The van der Waals surface area contributed by atoms with Gasteiger partial charge in [-0.2, -0.15) is 10.4 Å². The van der Waals surface area contributed by atoms with Gasteiger partial charge in [-0.05, 0) is 26.0 Å². The lowest BCUT2D eigenvalue weighted by Gasteiger charge is -1.99. The van der Waals surface area contributed by atoms with E-state index in [9.17, 15) is 9.59 Å². The molecule has 0 aliphatic heterocycles. The third kappa shape index (κ3) is 6.45. The van der Waals surface area contributed by atoms with Crippen LogP contribution in [0.4, 0.5) is 0 Å². The SMILES string of the molecule is CCOC=C(C#N)C(=O)OCC.O=C(O)c1cnn(-c2ccccn2)c1. The molecule has 2 heterocycles. The first kappa shape index (κ1) is 20.4. The molecule has 0 unspecified atom stereocenters. The van der Waals surface area contributed by atoms with Gasteiger partial charge in [-0.25, -0.2) is 19.3 Å². The van der Waals surface area contributed by atoms with Crippen molar-refractivity contribution in [1.29, 1.82) is 5.26 Å². The van der Waals surface area contributed by atoms with Gasteiger partial charge in [-0.1, -0.05) is 6.07 Å². The molecule has 0 saturated heterocycles. The third-order valence-corrected chi connectivity index (χ3v) is 2.70. The molecule has 1 N–H and O–H groups in total. The van der Waals surface area contributed by atoms with Gasteiger partial charge >= 0.3 is 11.9 Å². The molecule has 2 aromatic heterocycles. The Kier molecular flexibility index (Phi) is 8.61. The summed E-state index contributed by atoms with van der Waals surface area (Å²) in [6.07, 6.45) is 5.44. The normalized spacial score (nSPS) is 10.1. The molecule has 2 aromatic rings. The smallest absolute Gasteiger partial charge is 0.352 e. The van der Waals surface area contributed by atoms with E-state index in [-0.39, 0.29) is 17.7 Å². The van der Waals surface area contributed by atoms with E-state index >= 15 is 0 Å². The highest BCUT2D eigenvalue weighted by atomic mass is 16.5. The van der Waals surface area contributed by atoms with Crippen LogP contribution in [0.1, 0.15) is 24.2 Å². The first-order valence-corrected chi connectivity index (χ1v) is 7.61. The summed E-state index contributed by atoms with van der Waals surface area (Å²) in [4.78, 5) is 25.5. The van der Waals surface area contributed by atoms with Gasteiger partial charge in [0.25, 0.3) is 0 Å². The molecule has 9 nitrogen and oxygen atoms in total. The van der Waals surface area contributed by atoms with Gasteiger partial charge < -0.3 is 14.6 Å². The van der Waals surface area contributed by atoms with Crippen molar-refractivity contribution in [1.82, 2.24) is 14.8 Å². The number of rotatable bonds is 6. The number of aromatic carboxylic acids is 1. The molecule has 0 aliphatic rings. The molecule has 0 amide bonds. The van der Waals surface area contributed by atoms with E-state index in [0.717, 1.165) is 6.26 Å². The van der Waals surface area contributed by atoms with Crippen molar-refractivity contribution >= 4 is 11.9 Å². The highest BCUT2D eigenvalue weighted by Crippen LogP contribution is 2.04. The maximum atomic E-state index is 10.9. The third-order valence-electron chi connectivity index (χ3n) is 2.70. The Labute approximate surface area is 150 Å². The number of nitriles is 1. The number of carbonyl (C=O) groups is 2. The maximum Gasteiger partial charge on any atom is 0.352 e. The van der Waals surface area contributed by atoms with E-state index < -0.39 is 11.9 Å². The first-order valence-electron chi connectivity index (χ1n) is 7.61. The van der Waals surface area contributed by atoms with Gasteiger partial charge in [-0.15, -0.1) is 0 Å². The molecule has 0 fully saturated rings. The highest BCUT2D eigenvalue weighted by molar-refractivity contribution is 5.92. The number of ether oxygens (including phenoxy) is 2. The van der Waals surface area contributed by atoms with Crippen molar-refractivity contribution in [3.05, 3.63) is 54.2 Å². The van der Waals surface area contributed by atoms with Crippen molar-refractivity contribution < 1.29 is 24.2 Å². The number of aromatic nitrogens is 3. The Bertz CT molecular complexity index is 793. The molecule has 0 aromatic carbocycles. The van der Waals surface area contributed by atoms with Crippen LogP contribution in [-0.2, 0) is 14.3 Å². The Hall–Kier alpha value is -3.67. The Balaban J connectivity index is 0.000000265. The number of carbonyl (C=O) groups excluding carboxylic acids is 1. The molecule has 136 valence electrons. The average Bonchev–Trinajstić information content (AvgIpc) is 3.14. The minimum atomic E-state index is -0.993. The first-order chi connectivity index (χ1) is 12.5. The van der Waals surface area contributed by atoms with Crippen molar-refractivity contribution in [3.63, 3.8) is 0 Å². The number of nitrogens with zero attached hydrogens (tertiary/aromatic N) is 4. The van der Waals surface area contributed by atoms with Crippen LogP contribution in [0.15, 0.2) is 48.6 Å². The van der Waals surface area contributed by atoms with Gasteiger partial charge in [0.2, 0.25) is 0 Å². The van der Waals surface area contributed by atoms with Crippen molar-refractivity contribution in [3.8, 4) is 11.9 Å². The van der Waals surface area contributed by atoms with Crippen molar-refractivity contribution in [2.24, 2.45) is 0 Å². The predicted molar refractivity (Wildman–Crippen MR) is 90.3 cm³/mol. The van der Waals surface area contributed by atoms with Crippen LogP contribution in [0.5, 0.6) is 0 Å². The quantitative estimate of drug-likeness (QED) is 0.359. The Morgan fingerprint density at radius 2 is 2.12 bits per heavy atom. The van der Waals surface area contributed by atoms with Crippen LogP contribution in [0.25, 0.3) is 5.82 Å². The average molecular weight is 358 g/mol. The summed E-state index contributed by atoms with van der Waals surface area (Å²) < 4.78 is 10.8. The number of hydrogen-bond donors (Lipinski definition) is 1. The van der Waals surface area contributed by atoms with Gasteiger partial charge in [0, 0.05) is 12.4 Å². The van der Waals surface area contributed by atoms with Crippen LogP contribution in [0.2, 0.25) is 0 Å². The maximum absolute atomic E-state index is 10.9. The summed E-state index contributed by atoms with van der Waals surface area (Å²) >= 11 is 0. The van der Waals surface area contributed by atoms with Crippen LogP contribution in [0.3, 0.4) is 0 Å². The minimum absolute atomic E-state index is 0.112. The molecule has 0 bridgehead atoms. The summed E-state index contributed by atoms with van der Waals surface area (Å²) in [7, 11) is 0. The van der Waals surface area contributed by atoms with Gasteiger partial charge in [0.05, 0.1) is 25.0 Å². The van der Waals surface area contributed by atoms with E-state index in [1.54, 1.807) is 38.2 Å². The number of carboxylic acid groups (broad SMARTS) is 1. The van der Waals surface area contributed by atoms with Gasteiger partial charge in [0.15, 0.2) is 11.4 Å². The van der Waals surface area contributed by atoms with Gasteiger partial charge in [0.1, 0.15) is 12.3 Å². The lowest BCUT2D eigenvalue weighted by atomic mass is 10.3. The monoisotopic (exact) mass is 358 g/mol. The van der Waals surface area contributed by atoms with E-state index in [2.05, 4.69) is 14.8 Å². The molecule has 2 rings (SSSR count). The minimum Gasteiger partial charge on any atom is -0.500 e. The Morgan fingerprint density at radius 3 is 2.62 bits per heavy atom. The van der Waals surface area contributed by atoms with E-state index in [0.29, 0.717) is 12.4 Å². The molecule has 0 saturated carbocycles. The van der Waals surface area contributed by atoms with E-state index in [1.165, 1.54) is 17.1 Å². The fourth-order valence-electron chi connectivity index (χ4n) is 1.54. The number of carboxylic acids is 1. The van der Waals surface area contributed by atoms with Gasteiger partial charge in [-0.3, -0.25) is 0 Å². The second-order valence-electron chi connectivity index (χ2n) is 4.49. The number of pyridine rings is 1. The standard InChI is InChI=1S/C9H7N3O2.C8H11NO3/c13-9(14)7-5-11-12(6-7)8-3-1-2-4-10-8;1-3-11-6-7(5-9)8(10)12-4-2/h1-6H,(H,13,14);6H,3-4H2,1-2H3. The summed E-state index contributed by atoms with van der Waals surface area (Å²) in [5.74, 6) is -1.04. The highest BCUT2D eigenvalue weighted by Gasteiger charge is 2.09. The van der Waals surface area contributed by atoms with E-state index in [4.69, 9.17) is 15.1 Å². The van der Waals surface area contributed by atoms with E-state index in [1.807, 2.05) is 6.07 Å². The summed E-state index contributed by atoms with van der Waals surface area (Å²) in [6, 6.07) is 7.02. The number of hydrogen-bond acceptors (Lipinski definition) is 7. The second kappa shape index (κ2) is 11.0. The molecule has 9 heteroatoms. The zero-order valence-electron chi connectivity index (χ0n) is 14.3. The molecule has 0 radical (unpaired) electrons. The van der Waals surface area contributed by atoms with Crippen LogP contribution in [0, 0.1) is 11.3 Å². The largest absolute Gasteiger partial charge is 0.500 e. The number of esters is 1. The lowest BCUT2D eigenvalue weighted by Crippen LogP contribution is -2.06. The molecule has 0 spiro atoms. The molecular weight excluding hydrogens is 340 g/mol. The zero-order chi connectivity index (χ0) is 19.4. The summed E-state index contributed by atoms with van der Waals surface area (Å²) in [6.45, 7) is 4.11. The van der Waals surface area contributed by atoms with Crippen LogP contribution < -0.4 is 0 Å². The lowest BCUT2D eigenvalue weighted by molar-refractivity contribution is -0.138. The van der Waals surface area contributed by atoms with Crippen molar-refractivity contribution in [2.45, 2.75) is 13.8 Å². The molecule has 0 aliphatic carbocycles. The van der Waals surface area contributed by atoms with Crippen LogP contribution in [-0.4, -0.2) is 45.0 Å². The fourth-order valence-corrected chi connectivity index (χ4v) is 1.54.